The van der Waals surface area contributed by atoms with Gasteiger partial charge in [0.15, 0.2) is 6.10 Å². The lowest BCUT2D eigenvalue weighted by Gasteiger charge is -2.28. The first-order valence-corrected chi connectivity index (χ1v) is 11.1. The molecule has 1 N–H and O–H groups in total. The van der Waals surface area contributed by atoms with Crippen molar-refractivity contribution >= 4 is 21.9 Å². The van der Waals surface area contributed by atoms with Crippen molar-refractivity contribution in [2.45, 2.75) is 37.1 Å². The number of amides is 1. The van der Waals surface area contributed by atoms with Gasteiger partial charge in [-0.1, -0.05) is 30.3 Å². The zero-order valence-corrected chi connectivity index (χ0v) is 17.9. The lowest BCUT2D eigenvalue weighted by atomic mass is 10.0. The van der Waals surface area contributed by atoms with Crippen LogP contribution in [-0.4, -0.2) is 50.0 Å². The van der Waals surface area contributed by atoms with Crippen molar-refractivity contribution < 1.29 is 35.9 Å². The maximum atomic E-state index is 13.1. The fourth-order valence-electron chi connectivity index (χ4n) is 3.22. The molecular weight excluding hydrogens is 449 g/mol. The number of benzene rings is 2. The monoisotopic (exact) mass is 470 g/mol. The Morgan fingerprint density at radius 3 is 2.50 bits per heavy atom. The van der Waals surface area contributed by atoms with Crippen LogP contribution in [0.4, 0.5) is 13.2 Å². The molecular formula is C21H21F3N2O5S. The zero-order chi connectivity index (χ0) is 23.5. The Morgan fingerprint density at radius 2 is 1.81 bits per heavy atom. The summed E-state index contributed by atoms with van der Waals surface area (Å²) in [5.41, 5.74) is 1.84. The number of ether oxygens (including phenoxy) is 1. The molecule has 0 saturated heterocycles. The predicted octanol–water partition coefficient (Wildman–Crippen LogP) is 2.66. The van der Waals surface area contributed by atoms with Crippen molar-refractivity contribution in [1.82, 2.24) is 9.62 Å². The Balaban J connectivity index is 1.70. The summed E-state index contributed by atoms with van der Waals surface area (Å²) in [6, 6.07) is 12.6. The lowest BCUT2D eigenvalue weighted by Crippen LogP contribution is -2.40. The van der Waals surface area contributed by atoms with Crippen LogP contribution in [0.1, 0.15) is 28.4 Å². The molecule has 1 heterocycles. The molecule has 1 unspecified atom stereocenters. The first-order chi connectivity index (χ1) is 15.0. The van der Waals surface area contributed by atoms with E-state index >= 15 is 0 Å². The van der Waals surface area contributed by atoms with Gasteiger partial charge in [-0.15, -0.1) is 0 Å². The van der Waals surface area contributed by atoms with Crippen LogP contribution < -0.4 is 5.32 Å². The number of fused-ring (bicyclic) bond motifs is 1. The molecule has 172 valence electrons. The number of nitrogens with one attached hydrogen (secondary N) is 1. The van der Waals surface area contributed by atoms with E-state index in [0.717, 1.165) is 24.1 Å². The maximum Gasteiger partial charge on any atom is 0.405 e. The summed E-state index contributed by atoms with van der Waals surface area (Å²) in [5.74, 6) is -2.15. The Labute approximate surface area is 183 Å². The highest BCUT2D eigenvalue weighted by Gasteiger charge is 2.31. The highest BCUT2D eigenvalue weighted by molar-refractivity contribution is 7.89. The third kappa shape index (κ3) is 5.65. The molecule has 0 fully saturated rings. The minimum atomic E-state index is -4.60. The van der Waals surface area contributed by atoms with E-state index in [1.165, 1.54) is 22.5 Å². The number of hydrogen-bond acceptors (Lipinski definition) is 5. The molecule has 0 radical (unpaired) electrons. The molecule has 0 spiro atoms. The SMILES string of the molecule is CC(OC(=O)c1cccc(S(=O)(=O)N2CCc3ccccc3C2)c1)C(=O)NCC(F)(F)F. The van der Waals surface area contributed by atoms with Crippen LogP contribution in [0.3, 0.4) is 0 Å². The van der Waals surface area contributed by atoms with Crippen LogP contribution in [-0.2, 0) is 32.5 Å². The number of carbonyl (C=O) groups excluding carboxylic acids is 2. The molecule has 0 saturated carbocycles. The molecule has 11 heteroatoms. The number of nitrogens with zero attached hydrogens (tertiary/aromatic N) is 1. The Morgan fingerprint density at radius 1 is 1.12 bits per heavy atom. The number of sulfonamides is 1. The van der Waals surface area contributed by atoms with E-state index in [0.29, 0.717) is 6.42 Å². The summed E-state index contributed by atoms with van der Waals surface area (Å²) >= 11 is 0. The third-order valence-electron chi connectivity index (χ3n) is 4.92. The second-order valence-electron chi connectivity index (χ2n) is 7.27. The van der Waals surface area contributed by atoms with Gasteiger partial charge in [-0.3, -0.25) is 4.79 Å². The average molecular weight is 470 g/mol. The van der Waals surface area contributed by atoms with Gasteiger partial charge < -0.3 is 10.1 Å². The number of hydrogen-bond donors (Lipinski definition) is 1. The van der Waals surface area contributed by atoms with E-state index in [9.17, 15) is 31.2 Å². The van der Waals surface area contributed by atoms with E-state index in [1.54, 1.807) is 5.32 Å². The second-order valence-corrected chi connectivity index (χ2v) is 9.20. The van der Waals surface area contributed by atoms with Crippen molar-refractivity contribution in [3.05, 3.63) is 65.2 Å². The first-order valence-electron chi connectivity index (χ1n) is 9.70. The van der Waals surface area contributed by atoms with E-state index in [-0.39, 0.29) is 23.5 Å². The fraction of sp³-hybridized carbons (Fsp3) is 0.333. The van der Waals surface area contributed by atoms with Gasteiger partial charge >= 0.3 is 12.1 Å². The van der Waals surface area contributed by atoms with Crippen LogP contribution in [0.15, 0.2) is 53.4 Å². The number of rotatable bonds is 6. The molecule has 1 aliphatic heterocycles. The normalized spacial score (nSPS) is 15.5. The summed E-state index contributed by atoms with van der Waals surface area (Å²) in [6.07, 6.45) is -5.54. The van der Waals surface area contributed by atoms with Gasteiger partial charge in [0.1, 0.15) is 6.54 Å². The number of esters is 1. The summed E-state index contributed by atoms with van der Waals surface area (Å²) in [7, 11) is -3.91. The summed E-state index contributed by atoms with van der Waals surface area (Å²) in [6.45, 7) is 0.0455. The molecule has 2 aromatic rings. The lowest BCUT2D eigenvalue weighted by molar-refractivity contribution is -0.143. The van der Waals surface area contributed by atoms with E-state index in [4.69, 9.17) is 4.74 Å². The van der Waals surface area contributed by atoms with Crippen LogP contribution in [0.2, 0.25) is 0 Å². The second kappa shape index (κ2) is 9.29. The van der Waals surface area contributed by atoms with Crippen molar-refractivity contribution in [3.63, 3.8) is 0 Å². The Kier molecular flexibility index (Phi) is 6.89. The molecule has 1 amide bonds. The van der Waals surface area contributed by atoms with Crippen LogP contribution in [0.5, 0.6) is 0 Å². The summed E-state index contributed by atoms with van der Waals surface area (Å²) < 4.78 is 69.0. The molecule has 0 bridgehead atoms. The van der Waals surface area contributed by atoms with Crippen LogP contribution >= 0.6 is 0 Å². The van der Waals surface area contributed by atoms with Gasteiger partial charge in [0.2, 0.25) is 10.0 Å². The quantitative estimate of drug-likeness (QED) is 0.656. The molecule has 7 nitrogen and oxygen atoms in total. The molecule has 3 rings (SSSR count). The smallest absolute Gasteiger partial charge is 0.405 e. The molecule has 0 aliphatic carbocycles. The van der Waals surface area contributed by atoms with Crippen LogP contribution in [0, 0.1) is 0 Å². The van der Waals surface area contributed by atoms with Gasteiger partial charge in [-0.25, -0.2) is 13.2 Å². The number of halogens is 3. The van der Waals surface area contributed by atoms with Crippen molar-refractivity contribution in [3.8, 4) is 0 Å². The fourth-order valence-corrected chi connectivity index (χ4v) is 4.69. The highest BCUT2D eigenvalue weighted by atomic mass is 32.2. The Hall–Kier alpha value is -2.92. The van der Waals surface area contributed by atoms with E-state index in [2.05, 4.69) is 0 Å². The first kappa shape index (κ1) is 23.7. The minimum Gasteiger partial charge on any atom is -0.449 e. The van der Waals surface area contributed by atoms with Crippen LogP contribution in [0.25, 0.3) is 0 Å². The molecule has 32 heavy (non-hydrogen) atoms. The van der Waals surface area contributed by atoms with Gasteiger partial charge in [-0.2, -0.15) is 17.5 Å². The minimum absolute atomic E-state index is 0.125. The maximum absolute atomic E-state index is 13.1. The van der Waals surface area contributed by atoms with Crippen molar-refractivity contribution in [1.29, 1.82) is 0 Å². The predicted molar refractivity (Wildman–Crippen MR) is 108 cm³/mol. The largest absolute Gasteiger partial charge is 0.449 e. The van der Waals surface area contributed by atoms with Gasteiger partial charge in [0, 0.05) is 13.1 Å². The zero-order valence-electron chi connectivity index (χ0n) is 17.1. The topological polar surface area (TPSA) is 92.8 Å². The van der Waals surface area contributed by atoms with E-state index in [1.807, 2.05) is 24.3 Å². The number of carbonyl (C=O) groups is 2. The third-order valence-corrected chi connectivity index (χ3v) is 6.76. The van der Waals surface area contributed by atoms with Crippen molar-refractivity contribution in [2.24, 2.45) is 0 Å². The van der Waals surface area contributed by atoms with Gasteiger partial charge in [0.25, 0.3) is 5.91 Å². The molecule has 2 aromatic carbocycles. The molecule has 1 atom stereocenters. The van der Waals surface area contributed by atoms with Gasteiger partial charge in [0.05, 0.1) is 10.5 Å². The standard InChI is InChI=1S/C21H21F3N2O5S/c1-14(19(27)25-13-21(22,23)24)31-20(28)16-7-4-8-18(11-16)32(29,30)26-10-9-15-5-2-3-6-17(15)12-26/h2-8,11,14H,9-10,12-13H2,1H3,(H,25,27). The van der Waals surface area contributed by atoms with Crippen molar-refractivity contribution in [2.75, 3.05) is 13.1 Å². The van der Waals surface area contributed by atoms with Gasteiger partial charge in [-0.05, 0) is 42.7 Å². The highest BCUT2D eigenvalue weighted by Crippen LogP contribution is 2.25. The summed E-state index contributed by atoms with van der Waals surface area (Å²) in [5, 5.41) is 1.62. The average Bonchev–Trinajstić information content (AvgIpc) is 2.76. The number of alkyl halides is 3. The molecule has 1 aliphatic rings. The van der Waals surface area contributed by atoms with E-state index < -0.39 is 40.7 Å². The summed E-state index contributed by atoms with van der Waals surface area (Å²) in [4.78, 5) is 23.9. The molecule has 0 aromatic heterocycles. The Bertz CT molecular complexity index is 1120.